The number of para-hydroxylation sites is 2. The number of rotatable bonds is 9. The Kier molecular flexibility index (Phi) is 7.52. The van der Waals surface area contributed by atoms with E-state index in [4.69, 9.17) is 22.2 Å². The first kappa shape index (κ1) is 21.5. The zero-order chi connectivity index (χ0) is 21.3. The van der Waals surface area contributed by atoms with Crippen molar-refractivity contribution in [1.29, 1.82) is 0 Å². The number of hydrazone groups is 1. The van der Waals surface area contributed by atoms with Crippen molar-refractivity contribution in [2.75, 3.05) is 28.9 Å². The lowest BCUT2D eigenvalue weighted by Crippen LogP contribution is -2.17. The molecule has 4 N–H and O–H groups in total. The van der Waals surface area contributed by atoms with Gasteiger partial charge >= 0.3 is 0 Å². The molecule has 9 nitrogen and oxygen atoms in total. The largest absolute Gasteiger partial charge is 0.492 e. The number of nitrogens with zero attached hydrogens (tertiary/aromatic N) is 4. The molecule has 0 fully saturated rings. The topological polar surface area (TPSA) is 119 Å². The van der Waals surface area contributed by atoms with Gasteiger partial charge in [-0.15, -0.1) is 10.2 Å². The lowest BCUT2D eigenvalue weighted by atomic mass is 10.2. The van der Waals surface area contributed by atoms with Crippen LogP contribution in [0, 0.1) is 0 Å². The summed E-state index contributed by atoms with van der Waals surface area (Å²) in [6.07, 6.45) is 1.60. The average Bonchev–Trinajstić information content (AvgIpc) is 3.09. The molecule has 2 aromatic carbocycles. The molecule has 0 atom stereocenters. The van der Waals surface area contributed by atoms with Crippen LogP contribution in [-0.2, 0) is 4.79 Å². The van der Waals surface area contributed by atoms with Crippen molar-refractivity contribution in [3.8, 4) is 5.75 Å². The van der Waals surface area contributed by atoms with Gasteiger partial charge < -0.3 is 15.9 Å². The molecule has 30 heavy (non-hydrogen) atoms. The molecule has 0 aliphatic heterocycles. The first-order chi connectivity index (χ1) is 14.6. The van der Waals surface area contributed by atoms with Crippen LogP contribution >= 0.6 is 23.4 Å². The second-order valence-electron chi connectivity index (χ2n) is 5.86. The first-order valence-electron chi connectivity index (χ1n) is 8.96. The van der Waals surface area contributed by atoms with Crippen molar-refractivity contribution in [2.45, 2.75) is 12.1 Å². The number of nitrogen functional groups attached to an aromatic ring is 1. The monoisotopic (exact) mass is 445 g/mol. The van der Waals surface area contributed by atoms with Crippen molar-refractivity contribution in [3.05, 3.63) is 59.1 Å². The van der Waals surface area contributed by atoms with Gasteiger partial charge in [-0.25, -0.2) is 10.1 Å². The van der Waals surface area contributed by atoms with E-state index in [1.807, 2.05) is 31.2 Å². The van der Waals surface area contributed by atoms with Gasteiger partial charge in [0.1, 0.15) is 5.75 Å². The SMILES string of the molecule is CCOc1ccccc1NC(=O)CSc1nnc(N/N=C/c2ccc(Cl)cc2)n1N. The van der Waals surface area contributed by atoms with Gasteiger partial charge in [0.05, 0.1) is 24.3 Å². The maximum Gasteiger partial charge on any atom is 0.264 e. The molecule has 3 aromatic rings. The zero-order valence-electron chi connectivity index (χ0n) is 16.1. The molecular formula is C19H20ClN7O2S. The second kappa shape index (κ2) is 10.5. The van der Waals surface area contributed by atoms with Crippen molar-refractivity contribution >= 4 is 47.1 Å². The minimum Gasteiger partial charge on any atom is -0.492 e. The summed E-state index contributed by atoms with van der Waals surface area (Å²) in [5.41, 5.74) is 4.18. The number of aromatic nitrogens is 3. The standard InChI is InChI=1S/C19H20ClN7O2S/c1-2-29-16-6-4-3-5-15(16)23-17(28)12-30-19-26-25-18(27(19)21)24-22-11-13-7-9-14(20)10-8-13/h3-11H,2,12,21H2,1H3,(H,23,28)(H,24,25)/b22-11+. The number of carbonyl (C=O) groups is 1. The third-order valence-electron chi connectivity index (χ3n) is 3.71. The zero-order valence-corrected chi connectivity index (χ0v) is 17.7. The minimum absolute atomic E-state index is 0.101. The van der Waals surface area contributed by atoms with Crippen molar-refractivity contribution in [3.63, 3.8) is 0 Å². The average molecular weight is 446 g/mol. The van der Waals surface area contributed by atoms with E-state index in [1.54, 1.807) is 30.5 Å². The van der Waals surface area contributed by atoms with Crippen molar-refractivity contribution < 1.29 is 9.53 Å². The summed E-state index contributed by atoms with van der Waals surface area (Å²) in [6.45, 7) is 2.39. The number of carbonyl (C=O) groups excluding carboxylic acids is 1. The van der Waals surface area contributed by atoms with E-state index in [1.165, 1.54) is 4.68 Å². The van der Waals surface area contributed by atoms with Crippen molar-refractivity contribution in [2.24, 2.45) is 5.10 Å². The molecule has 0 spiro atoms. The van der Waals surface area contributed by atoms with Crippen molar-refractivity contribution in [1.82, 2.24) is 14.9 Å². The van der Waals surface area contributed by atoms with Gasteiger partial charge in [-0.05, 0) is 36.8 Å². The number of hydrogen-bond donors (Lipinski definition) is 3. The van der Waals surface area contributed by atoms with Crippen LogP contribution in [0.2, 0.25) is 5.02 Å². The van der Waals surface area contributed by atoms with E-state index in [0.717, 1.165) is 17.3 Å². The molecule has 0 aliphatic carbocycles. The van der Waals surface area contributed by atoms with Gasteiger partial charge in [0.15, 0.2) is 0 Å². The number of hydrogen-bond acceptors (Lipinski definition) is 8. The van der Waals surface area contributed by atoms with Crippen LogP contribution in [0.25, 0.3) is 0 Å². The molecule has 0 radical (unpaired) electrons. The Morgan fingerprint density at radius 3 is 2.80 bits per heavy atom. The van der Waals surface area contributed by atoms with E-state index in [0.29, 0.717) is 28.2 Å². The fourth-order valence-corrected chi connectivity index (χ4v) is 3.12. The normalized spacial score (nSPS) is 10.9. The highest BCUT2D eigenvalue weighted by atomic mass is 35.5. The summed E-state index contributed by atoms with van der Waals surface area (Å²) in [6, 6.07) is 14.4. The Labute approximate surface area is 182 Å². The van der Waals surface area contributed by atoms with Crippen LogP contribution in [0.4, 0.5) is 11.6 Å². The predicted octanol–water partition coefficient (Wildman–Crippen LogP) is 3.22. The van der Waals surface area contributed by atoms with E-state index in [-0.39, 0.29) is 17.6 Å². The second-order valence-corrected chi connectivity index (χ2v) is 7.24. The number of anilines is 2. The Morgan fingerprint density at radius 2 is 2.03 bits per heavy atom. The predicted molar refractivity (Wildman–Crippen MR) is 120 cm³/mol. The molecular weight excluding hydrogens is 426 g/mol. The molecule has 0 saturated carbocycles. The van der Waals surface area contributed by atoms with Gasteiger partial charge in [-0.3, -0.25) is 4.79 Å². The fourth-order valence-electron chi connectivity index (χ4n) is 2.33. The maximum atomic E-state index is 12.3. The number of nitrogens with one attached hydrogen (secondary N) is 2. The first-order valence-corrected chi connectivity index (χ1v) is 10.3. The molecule has 1 amide bonds. The highest BCUT2D eigenvalue weighted by Crippen LogP contribution is 2.24. The summed E-state index contributed by atoms with van der Waals surface area (Å²) in [5.74, 6) is 6.71. The van der Waals surface area contributed by atoms with Crippen LogP contribution in [0.1, 0.15) is 12.5 Å². The van der Waals surface area contributed by atoms with Gasteiger partial charge in [0.2, 0.25) is 11.1 Å². The maximum absolute atomic E-state index is 12.3. The third-order valence-corrected chi connectivity index (χ3v) is 4.90. The minimum atomic E-state index is -0.217. The number of benzene rings is 2. The van der Waals surface area contributed by atoms with E-state index >= 15 is 0 Å². The van der Waals surface area contributed by atoms with Crippen LogP contribution < -0.4 is 21.3 Å². The lowest BCUT2D eigenvalue weighted by Gasteiger charge is -2.10. The molecule has 0 aliphatic rings. The van der Waals surface area contributed by atoms with Gasteiger partial charge in [0.25, 0.3) is 5.95 Å². The highest BCUT2D eigenvalue weighted by molar-refractivity contribution is 7.99. The van der Waals surface area contributed by atoms with E-state index in [9.17, 15) is 4.79 Å². The summed E-state index contributed by atoms with van der Waals surface area (Å²) < 4.78 is 6.73. The molecule has 11 heteroatoms. The van der Waals surface area contributed by atoms with Crippen LogP contribution in [0.15, 0.2) is 58.8 Å². The van der Waals surface area contributed by atoms with Gasteiger partial charge in [-0.2, -0.15) is 5.10 Å². The number of ether oxygens (including phenoxy) is 1. The molecule has 0 saturated heterocycles. The van der Waals surface area contributed by atoms with Crippen LogP contribution in [0.3, 0.4) is 0 Å². The number of thioether (sulfide) groups is 1. The van der Waals surface area contributed by atoms with Crippen LogP contribution in [-0.4, -0.2) is 39.4 Å². The Balaban J connectivity index is 1.53. The summed E-state index contributed by atoms with van der Waals surface area (Å²) >= 11 is 7.00. The summed E-state index contributed by atoms with van der Waals surface area (Å²) in [4.78, 5) is 12.3. The lowest BCUT2D eigenvalue weighted by molar-refractivity contribution is -0.113. The third kappa shape index (κ3) is 5.88. The smallest absolute Gasteiger partial charge is 0.264 e. The number of halogens is 1. The number of nitrogens with two attached hydrogens (primary N) is 1. The number of amides is 1. The fraction of sp³-hybridized carbons (Fsp3) is 0.158. The Hall–Kier alpha value is -3.24. The van der Waals surface area contributed by atoms with Crippen LogP contribution in [0.5, 0.6) is 5.75 Å². The molecule has 0 unspecified atom stereocenters. The molecule has 0 bridgehead atoms. The summed E-state index contributed by atoms with van der Waals surface area (Å²) in [7, 11) is 0. The van der Waals surface area contributed by atoms with E-state index in [2.05, 4.69) is 26.0 Å². The quantitative estimate of drug-likeness (QED) is 0.200. The molecule has 3 rings (SSSR count). The van der Waals surface area contributed by atoms with E-state index < -0.39 is 0 Å². The van der Waals surface area contributed by atoms with Gasteiger partial charge in [0, 0.05) is 5.02 Å². The van der Waals surface area contributed by atoms with Gasteiger partial charge in [-0.1, -0.05) is 47.6 Å². The Bertz CT molecular complexity index is 1020. The molecule has 1 heterocycles. The highest BCUT2D eigenvalue weighted by Gasteiger charge is 2.13. The molecule has 156 valence electrons. The Morgan fingerprint density at radius 1 is 1.27 bits per heavy atom. The summed E-state index contributed by atoms with van der Waals surface area (Å²) in [5, 5.41) is 15.8. The molecule has 1 aromatic heterocycles.